The third-order valence-corrected chi connectivity index (χ3v) is 11.6. The summed E-state index contributed by atoms with van der Waals surface area (Å²) in [6.45, 7) is 6.57. The van der Waals surface area contributed by atoms with Crippen LogP contribution >= 0.6 is 11.6 Å². The van der Waals surface area contributed by atoms with E-state index in [1.165, 1.54) is 25.1 Å². The molecular weight excluding hydrogens is 671 g/mol. The number of allylic oxidation sites excluding steroid dienone is 1. The summed E-state index contributed by atoms with van der Waals surface area (Å²) in [6.07, 6.45) is 4.10. The van der Waals surface area contributed by atoms with Crippen LogP contribution in [0.5, 0.6) is 0 Å². The Bertz CT molecular complexity index is 1690. The molecule has 3 unspecified atom stereocenters. The molecule has 13 heteroatoms. The SMILES string of the molecule is C/C1=C\[C@@H](C)[C@@H]([C@@H](C)OC(=O)C(=O)NCc2c(F)cccc2Cl)OC(=O)CC[C@H]2C=CC3C(C4[C@H]3[C@H](OC(=O)c3ccc[nH]3)[C@H](C)[C@H]4O)[C@]12O. The first-order chi connectivity index (χ1) is 23.7. The summed E-state index contributed by atoms with van der Waals surface area (Å²) in [4.78, 5) is 54.2. The van der Waals surface area contributed by atoms with E-state index in [0.29, 0.717) is 11.3 Å². The number of cyclic esters (lactones) is 1. The molecule has 0 saturated heterocycles. The Morgan fingerprint density at radius 3 is 2.64 bits per heavy atom. The number of aromatic nitrogens is 1. The number of amides is 1. The maximum absolute atomic E-state index is 14.1. The zero-order valence-electron chi connectivity index (χ0n) is 28.2. The van der Waals surface area contributed by atoms with E-state index in [9.17, 15) is 33.8 Å². The number of hydrogen-bond donors (Lipinski definition) is 4. The van der Waals surface area contributed by atoms with Crippen LogP contribution in [0.1, 0.15) is 56.6 Å². The first-order valence-corrected chi connectivity index (χ1v) is 17.3. The number of carbonyl (C=O) groups is 4. The van der Waals surface area contributed by atoms with Gasteiger partial charge in [-0.2, -0.15) is 0 Å². The summed E-state index contributed by atoms with van der Waals surface area (Å²) in [5, 5.41) is 26.6. The van der Waals surface area contributed by atoms with E-state index in [1.807, 2.05) is 19.1 Å². The third kappa shape index (κ3) is 6.26. The molecule has 4 N–H and O–H groups in total. The largest absolute Gasteiger partial charge is 0.458 e. The van der Waals surface area contributed by atoms with Crippen LogP contribution in [0, 0.1) is 47.2 Å². The molecular formula is C37H42ClFN2O9. The Hall–Kier alpha value is -4.00. The highest BCUT2D eigenvalue weighted by molar-refractivity contribution is 6.33. The summed E-state index contributed by atoms with van der Waals surface area (Å²) in [6, 6.07) is 7.39. The van der Waals surface area contributed by atoms with Gasteiger partial charge in [-0.3, -0.25) is 9.59 Å². The van der Waals surface area contributed by atoms with Crippen molar-refractivity contribution in [3.63, 3.8) is 0 Å². The quantitative estimate of drug-likeness (QED) is 0.148. The van der Waals surface area contributed by atoms with Crippen molar-refractivity contribution in [1.29, 1.82) is 0 Å². The average Bonchev–Trinajstić information content (AvgIpc) is 3.67. The van der Waals surface area contributed by atoms with Gasteiger partial charge in [-0.25, -0.2) is 14.0 Å². The lowest BCUT2D eigenvalue weighted by molar-refractivity contribution is -0.180. The van der Waals surface area contributed by atoms with Crippen LogP contribution < -0.4 is 5.32 Å². The maximum atomic E-state index is 14.1. The van der Waals surface area contributed by atoms with Crippen LogP contribution in [0.3, 0.4) is 0 Å². The minimum atomic E-state index is -1.44. The fourth-order valence-electron chi connectivity index (χ4n) is 8.78. The van der Waals surface area contributed by atoms with Crippen molar-refractivity contribution in [2.75, 3.05) is 0 Å². The van der Waals surface area contributed by atoms with E-state index in [2.05, 4.69) is 10.3 Å². The predicted octanol–water partition coefficient (Wildman–Crippen LogP) is 4.27. The molecule has 4 aliphatic rings. The van der Waals surface area contributed by atoms with Crippen LogP contribution in [0.15, 0.2) is 60.3 Å². The van der Waals surface area contributed by atoms with Gasteiger partial charge in [0.2, 0.25) is 0 Å². The van der Waals surface area contributed by atoms with Gasteiger partial charge in [0.15, 0.2) is 0 Å². The molecule has 50 heavy (non-hydrogen) atoms. The topological polar surface area (TPSA) is 164 Å². The maximum Gasteiger partial charge on any atom is 0.397 e. The number of hydrogen-bond acceptors (Lipinski definition) is 9. The second-order valence-corrected chi connectivity index (χ2v) is 14.5. The molecule has 6 rings (SSSR count). The molecule has 0 spiro atoms. The van der Waals surface area contributed by atoms with Gasteiger partial charge in [0, 0.05) is 59.3 Å². The lowest BCUT2D eigenvalue weighted by atomic mass is 9.46. The molecule has 1 aromatic heterocycles. The molecule has 1 aliphatic heterocycles. The van der Waals surface area contributed by atoms with Crippen LogP contribution in [-0.4, -0.2) is 69.0 Å². The highest BCUT2D eigenvalue weighted by Gasteiger charge is 2.70. The standard InChI is InChI=1S/C37H42ClFN2O9/c1-17-15-18(2)37(47)21(10-12-22-28-29(30(22)37)31(43)19(3)33(28)50-35(45)26-9-6-14-40-26)11-13-27(42)49-32(17)20(4)48-36(46)34(44)41-16-23-24(38)7-5-8-25(23)39/h5-10,12,14-15,17,19-22,28-33,40,43,47H,11,13,16H2,1-4H3,(H,41,44)/b18-15+/t17-,19-,20-,21-,22?,28+,29?,30?,31-,32+,33-,37+/m1/s1. The van der Waals surface area contributed by atoms with Crippen LogP contribution in [0.25, 0.3) is 0 Å². The normalized spacial score (nSPS) is 36.2. The Morgan fingerprint density at radius 1 is 1.18 bits per heavy atom. The van der Waals surface area contributed by atoms with Gasteiger partial charge in [0.1, 0.15) is 29.8 Å². The summed E-state index contributed by atoms with van der Waals surface area (Å²) in [5.41, 5.74) is -0.497. The Kier molecular flexibility index (Phi) is 10.00. The first kappa shape index (κ1) is 35.8. The van der Waals surface area contributed by atoms with Gasteiger partial charge in [0.05, 0.1) is 11.7 Å². The second-order valence-electron chi connectivity index (χ2n) is 14.1. The average molecular weight is 713 g/mol. The number of nitrogens with one attached hydrogen (secondary N) is 2. The minimum absolute atomic E-state index is 0.0142. The summed E-state index contributed by atoms with van der Waals surface area (Å²) >= 11 is 6.01. The van der Waals surface area contributed by atoms with E-state index >= 15 is 0 Å². The monoisotopic (exact) mass is 712 g/mol. The fraction of sp³-hybridized carbons (Fsp3) is 0.514. The number of fused-ring (bicyclic) bond motifs is 6. The third-order valence-electron chi connectivity index (χ3n) is 11.3. The smallest absolute Gasteiger partial charge is 0.397 e. The molecule has 11 nitrogen and oxygen atoms in total. The van der Waals surface area contributed by atoms with Gasteiger partial charge >= 0.3 is 23.8 Å². The van der Waals surface area contributed by atoms with Gasteiger partial charge in [-0.05, 0) is 61.9 Å². The fourth-order valence-corrected chi connectivity index (χ4v) is 9.01. The van der Waals surface area contributed by atoms with Gasteiger partial charge in [-0.15, -0.1) is 0 Å². The zero-order valence-corrected chi connectivity index (χ0v) is 28.9. The molecule has 1 amide bonds. The summed E-state index contributed by atoms with van der Waals surface area (Å²) in [7, 11) is 0. The molecule has 268 valence electrons. The minimum Gasteiger partial charge on any atom is -0.458 e. The van der Waals surface area contributed by atoms with Crippen LogP contribution in [0.2, 0.25) is 5.02 Å². The first-order valence-electron chi connectivity index (χ1n) is 17.0. The number of benzene rings is 1. The molecule has 2 heterocycles. The number of ether oxygens (including phenoxy) is 3. The molecule has 2 aromatic rings. The number of aliphatic hydroxyl groups excluding tert-OH is 1. The second kappa shape index (κ2) is 14.0. The Morgan fingerprint density at radius 2 is 1.94 bits per heavy atom. The molecule has 2 fully saturated rings. The predicted molar refractivity (Wildman–Crippen MR) is 178 cm³/mol. The molecule has 1 aromatic carbocycles. The number of H-pyrrole nitrogens is 1. The number of esters is 3. The number of halogens is 2. The van der Waals surface area contributed by atoms with Crippen molar-refractivity contribution >= 4 is 35.4 Å². The molecule has 3 aliphatic carbocycles. The van der Waals surface area contributed by atoms with Gasteiger partial charge in [0.25, 0.3) is 0 Å². The molecule has 0 bridgehead atoms. The molecule has 0 radical (unpaired) electrons. The van der Waals surface area contributed by atoms with E-state index in [4.69, 9.17) is 25.8 Å². The van der Waals surface area contributed by atoms with Crippen molar-refractivity contribution in [3.8, 4) is 0 Å². The van der Waals surface area contributed by atoms with Crippen molar-refractivity contribution in [2.45, 2.75) is 77.1 Å². The van der Waals surface area contributed by atoms with Crippen molar-refractivity contribution < 1.29 is 48.0 Å². The number of aromatic amines is 1. The highest BCUT2D eigenvalue weighted by atomic mass is 35.5. The molecule has 12 atom stereocenters. The van der Waals surface area contributed by atoms with Crippen molar-refractivity contribution in [2.24, 2.45) is 41.4 Å². The van der Waals surface area contributed by atoms with E-state index < -0.39 is 77.4 Å². The Labute approximate surface area is 294 Å². The Balaban J connectivity index is 1.19. The number of carbonyl (C=O) groups excluding carboxylic acids is 4. The van der Waals surface area contributed by atoms with Crippen molar-refractivity contribution in [1.82, 2.24) is 10.3 Å². The lowest BCUT2D eigenvalue weighted by Gasteiger charge is -2.61. The highest BCUT2D eigenvalue weighted by Crippen LogP contribution is 2.66. The van der Waals surface area contributed by atoms with Crippen molar-refractivity contribution in [3.05, 3.63) is 82.4 Å². The van der Waals surface area contributed by atoms with E-state index in [1.54, 1.807) is 38.3 Å². The van der Waals surface area contributed by atoms with Crippen LogP contribution in [-0.2, 0) is 35.1 Å². The lowest BCUT2D eigenvalue weighted by Crippen LogP contribution is -2.64. The van der Waals surface area contributed by atoms with Crippen LogP contribution in [0.4, 0.5) is 4.39 Å². The number of rotatable bonds is 6. The van der Waals surface area contributed by atoms with E-state index in [0.717, 1.165) is 0 Å². The number of aliphatic hydroxyl groups is 2. The summed E-state index contributed by atoms with van der Waals surface area (Å²) in [5.74, 6) is -6.66. The van der Waals surface area contributed by atoms with E-state index in [-0.39, 0.29) is 53.6 Å². The van der Waals surface area contributed by atoms with Gasteiger partial charge < -0.3 is 34.7 Å². The molecule has 2 saturated carbocycles. The zero-order chi connectivity index (χ0) is 36.1. The summed E-state index contributed by atoms with van der Waals surface area (Å²) < 4.78 is 31.3. The van der Waals surface area contributed by atoms with Gasteiger partial charge in [-0.1, -0.05) is 49.7 Å².